The molecule has 0 bridgehead atoms. The number of rotatable bonds is 8. The second-order valence-electron chi connectivity index (χ2n) is 9.91. The van der Waals surface area contributed by atoms with E-state index in [0.29, 0.717) is 24.4 Å². The largest absolute Gasteiger partial charge is 0.444 e. The van der Waals surface area contributed by atoms with Crippen molar-refractivity contribution in [2.75, 3.05) is 50.0 Å². The summed E-state index contributed by atoms with van der Waals surface area (Å²) in [6.45, 7) is 9.34. The number of amides is 1. The Labute approximate surface area is 202 Å². The summed E-state index contributed by atoms with van der Waals surface area (Å²) in [6, 6.07) is 9.64. The fourth-order valence-electron chi connectivity index (χ4n) is 4.97. The minimum absolute atomic E-state index is 0.0447. The third kappa shape index (κ3) is 5.03. The van der Waals surface area contributed by atoms with E-state index in [1.807, 2.05) is 6.92 Å². The van der Waals surface area contributed by atoms with Crippen molar-refractivity contribution >= 4 is 17.9 Å². The number of nitrogens with zero attached hydrogens (tertiary/aromatic N) is 5. The van der Waals surface area contributed by atoms with Crippen LogP contribution in [0.15, 0.2) is 30.5 Å². The maximum atomic E-state index is 12.0. The number of cyclic esters (lactones) is 1. The summed E-state index contributed by atoms with van der Waals surface area (Å²) >= 11 is 0. The predicted octanol–water partition coefficient (Wildman–Crippen LogP) is 4.21. The standard InChI is InChI=1S/C26H36N6O2/c1-4-32-24-22(17-34-26(32)33)16-27-25(29-24)28-18(2)20-7-9-21(10-8-20)23(15-19-5-6-19)31-13-11-30(3)12-14-31/h7-10,16,18-19,23H,4-6,11-15,17H2,1-3H3,(H,27,28,29)/t18-,23-/m0/s1. The van der Waals surface area contributed by atoms with E-state index in [2.05, 4.69) is 63.3 Å². The first-order valence-corrected chi connectivity index (χ1v) is 12.6. The Morgan fingerprint density at radius 2 is 1.82 bits per heavy atom. The fourth-order valence-corrected chi connectivity index (χ4v) is 4.97. The van der Waals surface area contributed by atoms with E-state index in [0.717, 1.165) is 37.7 Å². The van der Waals surface area contributed by atoms with Gasteiger partial charge in [0.25, 0.3) is 0 Å². The molecule has 2 fully saturated rings. The van der Waals surface area contributed by atoms with E-state index in [1.165, 1.54) is 30.4 Å². The Morgan fingerprint density at radius 1 is 1.12 bits per heavy atom. The summed E-state index contributed by atoms with van der Waals surface area (Å²) in [5.74, 6) is 2.05. The van der Waals surface area contributed by atoms with Gasteiger partial charge in [-0.25, -0.2) is 9.78 Å². The Balaban J connectivity index is 1.28. The number of aromatic nitrogens is 2. The van der Waals surface area contributed by atoms with Gasteiger partial charge in [-0.05, 0) is 44.4 Å². The normalized spacial score (nSPS) is 21.0. The van der Waals surface area contributed by atoms with Gasteiger partial charge in [0.2, 0.25) is 5.95 Å². The highest BCUT2D eigenvalue weighted by Gasteiger charge is 2.31. The average molecular weight is 465 g/mol. The molecule has 1 aromatic heterocycles. The van der Waals surface area contributed by atoms with E-state index < -0.39 is 0 Å². The summed E-state index contributed by atoms with van der Waals surface area (Å²) in [4.78, 5) is 27.8. The van der Waals surface area contributed by atoms with Crippen LogP contribution in [0.3, 0.4) is 0 Å². The number of piperazine rings is 1. The van der Waals surface area contributed by atoms with Gasteiger partial charge >= 0.3 is 6.09 Å². The Morgan fingerprint density at radius 3 is 2.50 bits per heavy atom. The highest BCUT2D eigenvalue weighted by molar-refractivity contribution is 5.89. The number of nitrogens with one attached hydrogen (secondary N) is 1. The number of fused-ring (bicyclic) bond motifs is 1. The maximum absolute atomic E-state index is 12.0. The number of likely N-dealkylation sites (N-methyl/N-ethyl adjacent to an activating group) is 1. The van der Waals surface area contributed by atoms with Crippen molar-refractivity contribution in [2.45, 2.75) is 51.8 Å². The molecule has 0 unspecified atom stereocenters. The molecule has 1 aromatic carbocycles. The van der Waals surface area contributed by atoms with Crippen LogP contribution < -0.4 is 10.2 Å². The Hall–Kier alpha value is -2.71. The predicted molar refractivity (Wildman–Crippen MR) is 133 cm³/mol. The topological polar surface area (TPSA) is 73.8 Å². The molecule has 1 aliphatic carbocycles. The molecule has 0 radical (unpaired) electrons. The molecule has 0 spiro atoms. The van der Waals surface area contributed by atoms with Gasteiger partial charge in [0.1, 0.15) is 12.4 Å². The van der Waals surface area contributed by atoms with Gasteiger partial charge in [0, 0.05) is 45.0 Å². The van der Waals surface area contributed by atoms with Crippen LogP contribution in [0.2, 0.25) is 0 Å². The highest BCUT2D eigenvalue weighted by atomic mass is 16.6. The van der Waals surface area contributed by atoms with Gasteiger partial charge in [0.05, 0.1) is 11.6 Å². The number of hydrogen-bond donors (Lipinski definition) is 1. The molecule has 182 valence electrons. The molecular weight excluding hydrogens is 428 g/mol. The van der Waals surface area contributed by atoms with Gasteiger partial charge < -0.3 is 15.0 Å². The van der Waals surface area contributed by atoms with Gasteiger partial charge in [-0.3, -0.25) is 9.80 Å². The molecule has 2 atom stereocenters. The number of ether oxygens (including phenoxy) is 1. The van der Waals surface area contributed by atoms with E-state index in [9.17, 15) is 4.79 Å². The third-order valence-corrected chi connectivity index (χ3v) is 7.38. The van der Waals surface area contributed by atoms with Crippen LogP contribution in [-0.4, -0.2) is 65.6 Å². The molecule has 2 aliphatic heterocycles. The lowest BCUT2D eigenvalue weighted by Crippen LogP contribution is -2.46. The van der Waals surface area contributed by atoms with E-state index in [-0.39, 0.29) is 18.7 Å². The molecule has 1 saturated heterocycles. The SMILES string of the molecule is CCN1C(=O)OCc2cnc(N[C@@H](C)c3ccc([C@H](CC4CC4)N4CCN(C)CC4)cc3)nc21. The van der Waals surface area contributed by atoms with Crippen LogP contribution >= 0.6 is 0 Å². The van der Waals surface area contributed by atoms with Crippen molar-refractivity contribution < 1.29 is 9.53 Å². The molecule has 5 rings (SSSR count). The van der Waals surface area contributed by atoms with Gasteiger partial charge in [0.15, 0.2) is 0 Å². The summed E-state index contributed by atoms with van der Waals surface area (Å²) in [5, 5.41) is 3.41. The van der Waals surface area contributed by atoms with Crippen LogP contribution in [0.5, 0.6) is 0 Å². The first-order chi connectivity index (χ1) is 16.5. The number of carbonyl (C=O) groups excluding carboxylic acids is 1. The number of benzene rings is 1. The van der Waals surface area contributed by atoms with Gasteiger partial charge in [-0.1, -0.05) is 37.1 Å². The molecule has 3 heterocycles. The zero-order valence-electron chi connectivity index (χ0n) is 20.5. The first-order valence-electron chi connectivity index (χ1n) is 12.6. The van der Waals surface area contributed by atoms with Crippen molar-refractivity contribution in [1.82, 2.24) is 19.8 Å². The summed E-state index contributed by atoms with van der Waals surface area (Å²) in [7, 11) is 2.22. The monoisotopic (exact) mass is 464 g/mol. The van der Waals surface area contributed by atoms with Crippen molar-refractivity contribution in [3.63, 3.8) is 0 Å². The van der Waals surface area contributed by atoms with Crippen molar-refractivity contribution in [3.8, 4) is 0 Å². The van der Waals surface area contributed by atoms with Crippen molar-refractivity contribution in [1.29, 1.82) is 0 Å². The Bertz CT molecular complexity index is 1000. The minimum Gasteiger partial charge on any atom is -0.444 e. The van der Waals surface area contributed by atoms with Crippen molar-refractivity contribution in [2.24, 2.45) is 5.92 Å². The van der Waals surface area contributed by atoms with Crippen LogP contribution in [0.1, 0.15) is 61.9 Å². The summed E-state index contributed by atoms with van der Waals surface area (Å²) < 4.78 is 5.19. The Kier molecular flexibility index (Phi) is 6.70. The first kappa shape index (κ1) is 23.1. The highest BCUT2D eigenvalue weighted by Crippen LogP contribution is 2.40. The average Bonchev–Trinajstić information content (AvgIpc) is 3.67. The zero-order chi connectivity index (χ0) is 23.7. The van der Waals surface area contributed by atoms with Crippen LogP contribution in [-0.2, 0) is 11.3 Å². The minimum atomic E-state index is -0.357. The fraction of sp³-hybridized carbons (Fsp3) is 0.577. The lowest BCUT2D eigenvalue weighted by Gasteiger charge is -2.38. The van der Waals surface area contributed by atoms with Gasteiger partial charge in [-0.15, -0.1) is 0 Å². The molecule has 8 nitrogen and oxygen atoms in total. The number of anilines is 2. The molecule has 34 heavy (non-hydrogen) atoms. The number of carbonyl (C=O) groups is 1. The summed E-state index contributed by atoms with van der Waals surface area (Å²) in [5.41, 5.74) is 3.45. The lowest BCUT2D eigenvalue weighted by molar-refractivity contribution is 0.104. The van der Waals surface area contributed by atoms with Crippen LogP contribution in [0.4, 0.5) is 16.6 Å². The molecule has 3 aliphatic rings. The molecule has 8 heteroatoms. The maximum Gasteiger partial charge on any atom is 0.415 e. The molecule has 1 N–H and O–H groups in total. The third-order valence-electron chi connectivity index (χ3n) is 7.38. The van der Waals surface area contributed by atoms with Gasteiger partial charge in [-0.2, -0.15) is 4.98 Å². The number of hydrogen-bond acceptors (Lipinski definition) is 7. The second-order valence-corrected chi connectivity index (χ2v) is 9.91. The molecular formula is C26H36N6O2. The van der Waals surface area contributed by atoms with E-state index in [4.69, 9.17) is 4.74 Å². The summed E-state index contributed by atoms with van der Waals surface area (Å²) in [6.07, 6.45) is 5.43. The molecule has 1 amide bonds. The molecule has 2 aromatic rings. The lowest BCUT2D eigenvalue weighted by atomic mass is 9.96. The smallest absolute Gasteiger partial charge is 0.415 e. The van der Waals surface area contributed by atoms with E-state index >= 15 is 0 Å². The van der Waals surface area contributed by atoms with E-state index in [1.54, 1.807) is 11.1 Å². The van der Waals surface area contributed by atoms with Crippen molar-refractivity contribution in [3.05, 3.63) is 47.2 Å². The zero-order valence-corrected chi connectivity index (χ0v) is 20.5. The molecule has 1 saturated carbocycles. The second kappa shape index (κ2) is 9.88. The van der Waals surface area contributed by atoms with Crippen LogP contribution in [0, 0.1) is 5.92 Å². The van der Waals surface area contributed by atoms with Crippen LogP contribution in [0.25, 0.3) is 0 Å². The quantitative estimate of drug-likeness (QED) is 0.627.